The van der Waals surface area contributed by atoms with Crippen molar-refractivity contribution in [3.63, 3.8) is 0 Å². The van der Waals surface area contributed by atoms with Crippen molar-refractivity contribution < 1.29 is 48.0 Å². The summed E-state index contributed by atoms with van der Waals surface area (Å²) < 4.78 is 16.4. The van der Waals surface area contributed by atoms with Crippen LogP contribution in [0.4, 0.5) is 11.4 Å². The first kappa shape index (κ1) is 37.9. The second-order valence-electron chi connectivity index (χ2n) is 11.0. The molecule has 4 N–H and O–H groups in total. The van der Waals surface area contributed by atoms with Crippen molar-refractivity contribution in [3.05, 3.63) is 98.1 Å². The summed E-state index contributed by atoms with van der Waals surface area (Å²) in [6.45, 7) is 1.01. The van der Waals surface area contributed by atoms with Gasteiger partial charge in [0.2, 0.25) is 11.8 Å². The van der Waals surface area contributed by atoms with Gasteiger partial charge in [0, 0.05) is 23.8 Å². The van der Waals surface area contributed by atoms with E-state index in [0.29, 0.717) is 16.9 Å². The van der Waals surface area contributed by atoms with Gasteiger partial charge in [0.25, 0.3) is 11.4 Å². The molecule has 1 aliphatic heterocycles. The van der Waals surface area contributed by atoms with E-state index < -0.39 is 69.7 Å². The van der Waals surface area contributed by atoms with Gasteiger partial charge in [-0.15, -0.1) is 11.8 Å². The van der Waals surface area contributed by atoms with Gasteiger partial charge >= 0.3 is 11.9 Å². The van der Waals surface area contributed by atoms with Crippen LogP contribution in [0.2, 0.25) is 0 Å². The molecule has 2 amide bonds. The topological polar surface area (TPSA) is 249 Å². The second-order valence-corrected chi connectivity index (χ2v) is 12.0. The number of nitro benzene ring substituents is 2. The second kappa shape index (κ2) is 17.7. The molecule has 1 aliphatic rings. The Hall–Kier alpha value is -5.88. The van der Waals surface area contributed by atoms with Gasteiger partial charge in [-0.25, -0.2) is 4.79 Å². The third-order valence-electron chi connectivity index (χ3n) is 7.40. The number of non-ortho nitro benzene ring substituents is 1. The zero-order valence-corrected chi connectivity index (χ0v) is 27.9. The van der Waals surface area contributed by atoms with Gasteiger partial charge in [0.1, 0.15) is 36.2 Å². The zero-order valence-electron chi connectivity index (χ0n) is 27.1. The van der Waals surface area contributed by atoms with Gasteiger partial charge in [0.15, 0.2) is 5.78 Å². The smallest absolute Gasteiger partial charge is 0.330 e. The average molecular weight is 724 g/mol. The van der Waals surface area contributed by atoms with Crippen molar-refractivity contribution in [2.75, 3.05) is 18.9 Å². The highest BCUT2D eigenvalue weighted by molar-refractivity contribution is 7.99. The van der Waals surface area contributed by atoms with Crippen molar-refractivity contribution in [3.8, 4) is 11.5 Å². The predicted octanol–water partition coefficient (Wildman–Crippen LogP) is 3.18. The van der Waals surface area contributed by atoms with E-state index >= 15 is 0 Å². The Labute approximate surface area is 294 Å². The summed E-state index contributed by atoms with van der Waals surface area (Å²) in [6.07, 6.45) is -1.16. The van der Waals surface area contributed by atoms with Crippen molar-refractivity contribution in [2.24, 2.45) is 5.73 Å². The highest BCUT2D eigenvalue weighted by Crippen LogP contribution is 2.38. The summed E-state index contributed by atoms with van der Waals surface area (Å²) in [7, 11) is 0. The maximum atomic E-state index is 13.3. The van der Waals surface area contributed by atoms with Gasteiger partial charge in [0.05, 0.1) is 39.4 Å². The molecule has 1 unspecified atom stereocenters. The number of para-hydroxylation sites is 2. The molecular formula is C33H33N5O12S. The Kier molecular flexibility index (Phi) is 13.1. The van der Waals surface area contributed by atoms with E-state index in [9.17, 15) is 44.2 Å². The molecule has 1 heterocycles. The number of carbonyl (C=O) groups is 5. The van der Waals surface area contributed by atoms with E-state index in [0.717, 1.165) is 30.0 Å². The average Bonchev–Trinajstić information content (AvgIpc) is 3.11. The first-order chi connectivity index (χ1) is 24.4. The molecule has 3 aromatic carbocycles. The lowest BCUT2D eigenvalue weighted by Crippen LogP contribution is -2.50. The number of ketones is 1. The Bertz CT molecular complexity index is 1840. The van der Waals surface area contributed by atoms with E-state index in [1.807, 2.05) is 0 Å². The van der Waals surface area contributed by atoms with E-state index in [-0.39, 0.29) is 48.1 Å². The molecule has 0 fully saturated rings. The predicted molar refractivity (Wildman–Crippen MR) is 180 cm³/mol. The fourth-order valence-electron chi connectivity index (χ4n) is 4.89. The number of nitro groups is 2. The SMILES string of the molecule is CCOC(=O)[C@H](N)CCC(=O)N[C@H](CSc1ccc([N+](=O)[O-])cc1[N+](=O)[O-])C(=O)NCC(=O)Oc1ccccc1C1CC(=O)c2ccccc2O1. The van der Waals surface area contributed by atoms with Crippen LogP contribution in [0.1, 0.15) is 48.2 Å². The van der Waals surface area contributed by atoms with Crippen molar-refractivity contribution in [1.82, 2.24) is 10.6 Å². The largest absolute Gasteiger partial charge is 0.484 e. The number of carbonyl (C=O) groups excluding carboxylic acids is 5. The Balaban J connectivity index is 1.44. The number of Topliss-reactive ketones (excluding diaryl/α,β-unsaturated/α-hetero) is 1. The number of nitrogens with two attached hydrogens (primary N) is 1. The highest BCUT2D eigenvalue weighted by atomic mass is 32.2. The van der Waals surface area contributed by atoms with Gasteiger partial charge in [-0.05, 0) is 37.6 Å². The maximum Gasteiger partial charge on any atom is 0.330 e. The number of rotatable bonds is 16. The molecule has 0 saturated carbocycles. The van der Waals surface area contributed by atoms with Crippen LogP contribution in [0.3, 0.4) is 0 Å². The molecule has 268 valence electrons. The Morgan fingerprint density at radius 3 is 2.49 bits per heavy atom. The first-order valence-electron chi connectivity index (χ1n) is 15.5. The lowest BCUT2D eigenvalue weighted by atomic mass is 9.96. The molecule has 0 bridgehead atoms. The quantitative estimate of drug-likeness (QED) is 0.0631. The number of nitrogens with one attached hydrogen (secondary N) is 2. The van der Waals surface area contributed by atoms with Crippen molar-refractivity contribution in [2.45, 2.75) is 49.3 Å². The normalized spacial score (nSPS) is 14.5. The Morgan fingerprint density at radius 2 is 1.76 bits per heavy atom. The molecule has 18 heteroatoms. The van der Waals surface area contributed by atoms with Crippen LogP contribution in [-0.2, 0) is 23.9 Å². The van der Waals surface area contributed by atoms with E-state index in [2.05, 4.69) is 10.6 Å². The first-order valence-corrected chi connectivity index (χ1v) is 16.5. The van der Waals surface area contributed by atoms with Gasteiger partial charge < -0.3 is 30.6 Å². The van der Waals surface area contributed by atoms with Gasteiger partial charge in [-0.1, -0.05) is 30.3 Å². The monoisotopic (exact) mass is 723 g/mol. The number of benzene rings is 3. The lowest BCUT2D eigenvalue weighted by Gasteiger charge is -2.26. The fraction of sp³-hybridized carbons (Fsp3) is 0.303. The van der Waals surface area contributed by atoms with Gasteiger partial charge in [-0.2, -0.15) is 0 Å². The van der Waals surface area contributed by atoms with Gasteiger partial charge in [-0.3, -0.25) is 39.4 Å². The molecular weight excluding hydrogens is 690 g/mol. The minimum atomic E-state index is -1.38. The molecule has 0 saturated heterocycles. The maximum absolute atomic E-state index is 13.3. The van der Waals surface area contributed by atoms with Crippen LogP contribution in [0.5, 0.6) is 11.5 Å². The molecule has 3 aromatic rings. The van der Waals surface area contributed by atoms with Crippen LogP contribution in [0, 0.1) is 20.2 Å². The lowest BCUT2D eigenvalue weighted by molar-refractivity contribution is -0.396. The molecule has 17 nitrogen and oxygen atoms in total. The van der Waals surface area contributed by atoms with Crippen LogP contribution < -0.4 is 25.8 Å². The minimum absolute atomic E-state index is 0.00102. The highest BCUT2D eigenvalue weighted by Gasteiger charge is 2.30. The molecule has 0 aromatic heterocycles. The molecule has 0 aliphatic carbocycles. The molecule has 0 radical (unpaired) electrons. The molecule has 51 heavy (non-hydrogen) atoms. The zero-order chi connectivity index (χ0) is 37.1. The van der Waals surface area contributed by atoms with Crippen molar-refractivity contribution >= 4 is 52.7 Å². The summed E-state index contributed by atoms with van der Waals surface area (Å²) in [4.78, 5) is 84.7. The van der Waals surface area contributed by atoms with Crippen LogP contribution in [-0.4, -0.2) is 70.4 Å². The number of fused-ring (bicyclic) bond motifs is 1. The van der Waals surface area contributed by atoms with E-state index in [1.165, 1.54) is 6.07 Å². The van der Waals surface area contributed by atoms with E-state index in [4.69, 9.17) is 19.9 Å². The summed E-state index contributed by atoms with van der Waals surface area (Å²) in [6, 6.07) is 13.7. The van der Waals surface area contributed by atoms with Crippen LogP contribution in [0.15, 0.2) is 71.6 Å². The summed E-state index contributed by atoms with van der Waals surface area (Å²) in [5.74, 6) is -3.14. The number of hydrogen-bond acceptors (Lipinski definition) is 14. The number of amides is 2. The third-order valence-corrected chi connectivity index (χ3v) is 8.56. The summed E-state index contributed by atoms with van der Waals surface area (Å²) >= 11 is 0.764. The standard InChI is InChI=1S/C33H33N5O12S/c1-2-48-33(43)22(34)12-14-30(40)36-23(18-51-29-13-11-19(37(44)45)15-24(29)38(46)47)32(42)35-17-31(41)50-27-10-6-4-8-21(27)28-16-25(39)20-7-3-5-9-26(20)49-28/h3-11,13,15,22-23,28H,2,12,14,16-18,34H2,1H3,(H,35,42)(H,36,40)/t22-,23-,28?/m1/s1. The number of hydrogen-bond donors (Lipinski definition) is 3. The molecule has 0 spiro atoms. The third kappa shape index (κ3) is 10.3. The van der Waals surface area contributed by atoms with Crippen LogP contribution >= 0.6 is 11.8 Å². The minimum Gasteiger partial charge on any atom is -0.484 e. The number of esters is 2. The van der Waals surface area contributed by atoms with Crippen LogP contribution in [0.25, 0.3) is 0 Å². The summed E-state index contributed by atoms with van der Waals surface area (Å²) in [5, 5.41) is 27.6. The fourth-order valence-corrected chi connectivity index (χ4v) is 5.91. The number of thioether (sulfide) groups is 1. The summed E-state index contributed by atoms with van der Waals surface area (Å²) in [5.41, 5.74) is 5.52. The number of nitrogens with zero attached hydrogens (tertiary/aromatic N) is 2. The molecule has 4 rings (SSSR count). The van der Waals surface area contributed by atoms with Crippen molar-refractivity contribution in [1.29, 1.82) is 0 Å². The van der Waals surface area contributed by atoms with E-state index in [1.54, 1.807) is 49.4 Å². The number of ether oxygens (including phenoxy) is 3. The Morgan fingerprint density at radius 1 is 1.04 bits per heavy atom. The molecule has 3 atom stereocenters.